The Kier molecular flexibility index (Phi) is 4.32. The van der Waals surface area contributed by atoms with E-state index in [1.807, 2.05) is 25.1 Å². The van der Waals surface area contributed by atoms with Crippen LogP contribution < -0.4 is 5.32 Å². The quantitative estimate of drug-likeness (QED) is 0.866. The predicted molar refractivity (Wildman–Crippen MR) is 75.4 cm³/mol. The molecule has 106 valence electrons. The summed E-state index contributed by atoms with van der Waals surface area (Å²) in [6.07, 6.45) is -3.22. The maximum absolute atomic E-state index is 12.4. The van der Waals surface area contributed by atoms with Crippen LogP contribution in [0.15, 0.2) is 41.0 Å². The van der Waals surface area contributed by atoms with Crippen molar-refractivity contribution in [3.8, 4) is 0 Å². The van der Waals surface area contributed by atoms with Gasteiger partial charge in [0.2, 0.25) is 0 Å². The van der Waals surface area contributed by atoms with Crippen molar-refractivity contribution in [3.63, 3.8) is 0 Å². The van der Waals surface area contributed by atoms with Gasteiger partial charge in [-0.05, 0) is 36.2 Å². The first-order valence-electron chi connectivity index (χ1n) is 5.88. The molecule has 1 heterocycles. The molecule has 1 aromatic carbocycles. The maximum atomic E-state index is 12.4. The van der Waals surface area contributed by atoms with E-state index >= 15 is 0 Å². The Morgan fingerprint density at radius 1 is 1.20 bits per heavy atom. The lowest BCUT2D eigenvalue weighted by molar-refractivity contribution is -0.141. The average molecular weight is 345 g/mol. The number of rotatable bonds is 3. The van der Waals surface area contributed by atoms with Crippen molar-refractivity contribution in [2.75, 3.05) is 5.32 Å². The van der Waals surface area contributed by atoms with Crippen LogP contribution in [0.5, 0.6) is 0 Å². The fourth-order valence-electron chi connectivity index (χ4n) is 1.62. The molecule has 1 N–H and O–H groups in total. The number of aromatic nitrogens is 1. The van der Waals surface area contributed by atoms with Gasteiger partial charge in [0, 0.05) is 11.0 Å². The fourth-order valence-corrected chi connectivity index (χ4v) is 2.04. The number of anilines is 1. The molecule has 20 heavy (non-hydrogen) atoms. The molecule has 0 atom stereocenters. The van der Waals surface area contributed by atoms with Gasteiger partial charge in [0.1, 0.15) is 5.69 Å². The van der Waals surface area contributed by atoms with Crippen molar-refractivity contribution in [3.05, 3.63) is 57.8 Å². The number of nitrogens with zero attached hydrogens (tertiary/aromatic N) is 1. The fraction of sp³-hybridized carbons (Fsp3) is 0.214. The summed E-state index contributed by atoms with van der Waals surface area (Å²) in [5, 5.41) is 3.04. The van der Waals surface area contributed by atoms with E-state index in [1.54, 1.807) is 0 Å². The van der Waals surface area contributed by atoms with Crippen molar-refractivity contribution in [2.45, 2.75) is 19.6 Å². The first-order chi connectivity index (χ1) is 9.36. The Labute approximate surface area is 123 Å². The second-order valence-electron chi connectivity index (χ2n) is 4.37. The minimum absolute atomic E-state index is 0.520. The van der Waals surface area contributed by atoms with Crippen molar-refractivity contribution < 1.29 is 13.2 Å². The van der Waals surface area contributed by atoms with Crippen LogP contribution in [0.4, 0.5) is 18.9 Å². The first kappa shape index (κ1) is 14.8. The number of alkyl halides is 3. The van der Waals surface area contributed by atoms with E-state index in [2.05, 4.69) is 26.2 Å². The van der Waals surface area contributed by atoms with Crippen LogP contribution in [-0.4, -0.2) is 4.98 Å². The zero-order chi connectivity index (χ0) is 14.8. The van der Waals surface area contributed by atoms with Gasteiger partial charge in [-0.15, -0.1) is 0 Å². The van der Waals surface area contributed by atoms with Crippen LogP contribution in [0.25, 0.3) is 0 Å². The van der Waals surface area contributed by atoms with E-state index in [1.165, 1.54) is 12.3 Å². The largest absolute Gasteiger partial charge is 0.433 e. The zero-order valence-electron chi connectivity index (χ0n) is 10.6. The van der Waals surface area contributed by atoms with E-state index in [-0.39, 0.29) is 0 Å². The summed E-state index contributed by atoms with van der Waals surface area (Å²) in [7, 11) is 0. The van der Waals surface area contributed by atoms with E-state index in [4.69, 9.17) is 0 Å². The van der Waals surface area contributed by atoms with Gasteiger partial charge < -0.3 is 5.32 Å². The summed E-state index contributed by atoms with van der Waals surface area (Å²) in [6, 6.07) is 8.25. The van der Waals surface area contributed by atoms with Gasteiger partial charge in [0.05, 0.1) is 11.9 Å². The molecule has 0 spiro atoms. The third-order valence-electron chi connectivity index (χ3n) is 2.79. The monoisotopic (exact) mass is 344 g/mol. The molecule has 0 saturated carbocycles. The lowest BCUT2D eigenvalue weighted by Crippen LogP contribution is -2.08. The molecule has 6 heteroatoms. The number of hydrogen-bond donors (Lipinski definition) is 1. The lowest BCUT2D eigenvalue weighted by Gasteiger charge is -2.09. The standard InChI is InChI=1S/C14H12BrF3N2/c1-9-2-3-10(6-12(9)15)7-19-11-4-5-13(20-8-11)14(16,17)18/h2-6,8,19H,7H2,1H3. The maximum Gasteiger partial charge on any atom is 0.433 e. The number of pyridine rings is 1. The highest BCUT2D eigenvalue weighted by atomic mass is 79.9. The Morgan fingerprint density at radius 3 is 2.50 bits per heavy atom. The molecular formula is C14H12BrF3N2. The second kappa shape index (κ2) is 5.83. The normalized spacial score (nSPS) is 11.4. The average Bonchev–Trinajstić information content (AvgIpc) is 2.40. The number of aryl methyl sites for hydroxylation is 1. The van der Waals surface area contributed by atoms with Crippen LogP contribution in [-0.2, 0) is 12.7 Å². The molecule has 2 nitrogen and oxygen atoms in total. The Hall–Kier alpha value is -1.56. The Morgan fingerprint density at radius 2 is 1.95 bits per heavy atom. The number of benzene rings is 1. The molecule has 0 aliphatic rings. The van der Waals surface area contributed by atoms with Gasteiger partial charge in [-0.3, -0.25) is 0 Å². The summed E-state index contributed by atoms with van der Waals surface area (Å²) in [4.78, 5) is 3.40. The van der Waals surface area contributed by atoms with Crippen LogP contribution in [0.3, 0.4) is 0 Å². The molecule has 2 rings (SSSR count). The highest BCUT2D eigenvalue weighted by Crippen LogP contribution is 2.27. The van der Waals surface area contributed by atoms with Crippen molar-refractivity contribution in [1.82, 2.24) is 4.98 Å². The van der Waals surface area contributed by atoms with Gasteiger partial charge in [-0.2, -0.15) is 13.2 Å². The SMILES string of the molecule is Cc1ccc(CNc2ccc(C(F)(F)F)nc2)cc1Br. The molecule has 0 radical (unpaired) electrons. The summed E-state index contributed by atoms with van der Waals surface area (Å²) >= 11 is 3.44. The van der Waals surface area contributed by atoms with Crippen molar-refractivity contribution in [1.29, 1.82) is 0 Å². The van der Waals surface area contributed by atoms with E-state index < -0.39 is 11.9 Å². The molecule has 0 fully saturated rings. The molecule has 0 aliphatic heterocycles. The molecule has 0 saturated heterocycles. The highest BCUT2D eigenvalue weighted by molar-refractivity contribution is 9.10. The smallest absolute Gasteiger partial charge is 0.380 e. The van der Waals surface area contributed by atoms with Crippen LogP contribution >= 0.6 is 15.9 Å². The van der Waals surface area contributed by atoms with Gasteiger partial charge in [0.25, 0.3) is 0 Å². The van der Waals surface area contributed by atoms with E-state index in [0.29, 0.717) is 12.2 Å². The third-order valence-corrected chi connectivity index (χ3v) is 3.64. The Balaban J connectivity index is 2.02. The van der Waals surface area contributed by atoms with Crippen molar-refractivity contribution >= 4 is 21.6 Å². The molecule has 0 bridgehead atoms. The molecule has 2 aromatic rings. The van der Waals surface area contributed by atoms with Gasteiger partial charge in [0.15, 0.2) is 0 Å². The van der Waals surface area contributed by atoms with Crippen LogP contribution in [0, 0.1) is 6.92 Å². The first-order valence-corrected chi connectivity index (χ1v) is 6.68. The molecule has 1 aromatic heterocycles. The Bertz CT molecular complexity index is 594. The number of halogens is 4. The summed E-state index contributed by atoms with van der Waals surface area (Å²) in [5.41, 5.74) is 1.82. The summed E-state index contributed by atoms with van der Waals surface area (Å²) in [5.74, 6) is 0. The molecular weight excluding hydrogens is 333 g/mol. The zero-order valence-corrected chi connectivity index (χ0v) is 12.2. The van der Waals surface area contributed by atoms with Crippen LogP contribution in [0.2, 0.25) is 0 Å². The molecule has 0 amide bonds. The summed E-state index contributed by atoms with van der Waals surface area (Å²) < 4.78 is 38.1. The summed E-state index contributed by atoms with van der Waals surface area (Å²) in [6.45, 7) is 2.51. The van der Waals surface area contributed by atoms with E-state index in [9.17, 15) is 13.2 Å². The molecule has 0 aliphatic carbocycles. The third kappa shape index (κ3) is 3.72. The second-order valence-corrected chi connectivity index (χ2v) is 5.22. The van der Waals surface area contributed by atoms with Gasteiger partial charge in [-0.25, -0.2) is 4.98 Å². The van der Waals surface area contributed by atoms with E-state index in [0.717, 1.165) is 21.7 Å². The predicted octanol–water partition coefficient (Wildman–Crippen LogP) is 4.78. The van der Waals surface area contributed by atoms with Gasteiger partial charge >= 0.3 is 6.18 Å². The highest BCUT2D eigenvalue weighted by Gasteiger charge is 2.31. The van der Waals surface area contributed by atoms with Crippen LogP contribution in [0.1, 0.15) is 16.8 Å². The minimum Gasteiger partial charge on any atom is -0.380 e. The van der Waals surface area contributed by atoms with Gasteiger partial charge in [-0.1, -0.05) is 28.1 Å². The minimum atomic E-state index is -4.40. The van der Waals surface area contributed by atoms with Crippen molar-refractivity contribution in [2.24, 2.45) is 0 Å². The molecule has 0 unspecified atom stereocenters. The number of nitrogens with one attached hydrogen (secondary N) is 1. The topological polar surface area (TPSA) is 24.9 Å². The lowest BCUT2D eigenvalue weighted by atomic mass is 10.1. The number of hydrogen-bond acceptors (Lipinski definition) is 2.